The van der Waals surface area contributed by atoms with E-state index in [-0.39, 0.29) is 17.9 Å². The van der Waals surface area contributed by atoms with Gasteiger partial charge >= 0.3 is 0 Å². The molecule has 3 aromatic rings. The van der Waals surface area contributed by atoms with Gasteiger partial charge in [-0.1, -0.05) is 12.1 Å². The molecule has 0 unspecified atom stereocenters. The van der Waals surface area contributed by atoms with E-state index in [1.807, 2.05) is 13.0 Å². The molecule has 2 amide bonds. The molecule has 1 aromatic carbocycles. The lowest BCUT2D eigenvalue weighted by Gasteiger charge is -2.18. The lowest BCUT2D eigenvalue weighted by atomic mass is 10.1. The van der Waals surface area contributed by atoms with Gasteiger partial charge in [0.2, 0.25) is 5.88 Å². The van der Waals surface area contributed by atoms with Crippen molar-refractivity contribution < 1.29 is 14.3 Å². The average Bonchev–Trinajstić information content (AvgIpc) is 3.12. The average molecular weight is 462 g/mol. The predicted octanol–water partition coefficient (Wildman–Crippen LogP) is 3.02. The quantitative estimate of drug-likeness (QED) is 0.466. The second-order valence-corrected chi connectivity index (χ2v) is 7.13. The van der Waals surface area contributed by atoms with Gasteiger partial charge in [-0.05, 0) is 41.6 Å². The first-order chi connectivity index (χ1) is 12.5. The van der Waals surface area contributed by atoms with Crippen molar-refractivity contribution in [3.05, 3.63) is 51.4 Å². The summed E-state index contributed by atoms with van der Waals surface area (Å²) in [7, 11) is 0. The Balaban J connectivity index is 1.41. The van der Waals surface area contributed by atoms with Crippen LogP contribution in [-0.2, 0) is 0 Å². The van der Waals surface area contributed by atoms with Crippen LogP contribution in [0.25, 0.3) is 10.9 Å². The molecule has 0 radical (unpaired) electrons. The van der Waals surface area contributed by atoms with Crippen LogP contribution < -0.4 is 4.74 Å². The van der Waals surface area contributed by atoms with Gasteiger partial charge in [-0.25, -0.2) is 4.98 Å². The largest absolute Gasteiger partial charge is 0.475 e. The number of fused-ring (bicyclic) bond motifs is 2. The van der Waals surface area contributed by atoms with E-state index < -0.39 is 0 Å². The summed E-state index contributed by atoms with van der Waals surface area (Å²) in [4.78, 5) is 30.3. The molecule has 1 aliphatic heterocycles. The molecule has 0 saturated heterocycles. The summed E-state index contributed by atoms with van der Waals surface area (Å²) in [6.07, 6.45) is 2.00. The maximum atomic E-state index is 12.4. The Morgan fingerprint density at radius 2 is 1.92 bits per heavy atom. The third kappa shape index (κ3) is 2.94. The number of H-pyrrole nitrogens is 1. The van der Waals surface area contributed by atoms with Gasteiger partial charge in [0, 0.05) is 24.4 Å². The van der Waals surface area contributed by atoms with Gasteiger partial charge < -0.3 is 4.74 Å². The van der Waals surface area contributed by atoms with Crippen molar-refractivity contribution in [2.75, 3.05) is 6.54 Å². The van der Waals surface area contributed by atoms with Crippen LogP contribution in [0.15, 0.2) is 36.5 Å². The number of amides is 2. The molecule has 0 bridgehead atoms. The first-order valence-electron chi connectivity index (χ1n) is 8.16. The zero-order chi connectivity index (χ0) is 18.3. The number of aromatic nitrogens is 3. The van der Waals surface area contributed by atoms with E-state index in [4.69, 9.17) is 4.74 Å². The molecule has 2 aromatic heterocycles. The summed E-state index contributed by atoms with van der Waals surface area (Å²) < 4.78 is 6.70. The molecule has 0 spiro atoms. The molecule has 3 heterocycles. The van der Waals surface area contributed by atoms with E-state index in [1.165, 1.54) is 4.90 Å². The third-order valence-corrected chi connectivity index (χ3v) is 5.16. The highest BCUT2D eigenvalue weighted by molar-refractivity contribution is 14.1. The van der Waals surface area contributed by atoms with Crippen LogP contribution in [0.5, 0.6) is 5.88 Å². The fourth-order valence-electron chi connectivity index (χ4n) is 2.95. The van der Waals surface area contributed by atoms with E-state index in [0.717, 1.165) is 14.6 Å². The Bertz CT molecular complexity index is 982. The van der Waals surface area contributed by atoms with E-state index in [0.29, 0.717) is 30.0 Å². The molecule has 132 valence electrons. The zero-order valence-electron chi connectivity index (χ0n) is 13.9. The number of imide groups is 1. The van der Waals surface area contributed by atoms with Crippen LogP contribution in [-0.4, -0.2) is 44.5 Å². The molecule has 4 rings (SSSR count). The standard InChI is InChI=1S/C18H15IN4O3/c1-10(26-15-8-13-14(9-20-15)21-22-16(13)19)6-7-23-17(24)11-4-2-3-5-12(11)18(23)25/h2-5,8-10H,6-7H2,1H3,(H,21,22)/t10-/m1/s1. The first-order valence-corrected chi connectivity index (χ1v) is 9.24. The molecule has 1 aliphatic rings. The number of aromatic amines is 1. The van der Waals surface area contributed by atoms with Crippen molar-refractivity contribution in [2.45, 2.75) is 19.4 Å². The van der Waals surface area contributed by atoms with Crippen LogP contribution in [0.4, 0.5) is 0 Å². The van der Waals surface area contributed by atoms with E-state index in [1.54, 1.807) is 30.5 Å². The summed E-state index contributed by atoms with van der Waals surface area (Å²) in [5.41, 5.74) is 1.78. The van der Waals surface area contributed by atoms with Gasteiger partial charge in [-0.15, -0.1) is 0 Å². The van der Waals surface area contributed by atoms with E-state index in [2.05, 4.69) is 37.8 Å². The van der Waals surface area contributed by atoms with Crippen molar-refractivity contribution in [1.82, 2.24) is 20.1 Å². The maximum absolute atomic E-state index is 12.4. The number of carbonyl (C=O) groups is 2. The van der Waals surface area contributed by atoms with Crippen LogP contribution in [0.2, 0.25) is 0 Å². The molecule has 7 nitrogen and oxygen atoms in total. The van der Waals surface area contributed by atoms with E-state index in [9.17, 15) is 9.59 Å². The highest BCUT2D eigenvalue weighted by Gasteiger charge is 2.34. The minimum Gasteiger partial charge on any atom is -0.475 e. The SMILES string of the molecule is C[C@H](CCN1C(=O)c2ccccc2C1=O)Oc1cc2c(I)n[nH]c2cn1. The normalized spacial score (nSPS) is 14.8. The lowest BCUT2D eigenvalue weighted by Crippen LogP contribution is -2.33. The van der Waals surface area contributed by atoms with Crippen molar-refractivity contribution in [3.8, 4) is 5.88 Å². The zero-order valence-corrected chi connectivity index (χ0v) is 16.1. The fraction of sp³-hybridized carbons (Fsp3) is 0.222. The molecular weight excluding hydrogens is 447 g/mol. The number of rotatable bonds is 5. The molecule has 1 N–H and O–H groups in total. The van der Waals surface area contributed by atoms with Crippen molar-refractivity contribution >= 4 is 45.3 Å². The Morgan fingerprint density at radius 3 is 2.62 bits per heavy atom. The molecule has 1 atom stereocenters. The van der Waals surface area contributed by atoms with Gasteiger partial charge in [0.15, 0.2) is 0 Å². The van der Waals surface area contributed by atoms with Crippen molar-refractivity contribution in [1.29, 1.82) is 0 Å². The molecule has 0 saturated carbocycles. The number of ether oxygens (including phenoxy) is 1. The summed E-state index contributed by atoms with van der Waals surface area (Å²) in [5.74, 6) is 0.00210. The number of carbonyl (C=O) groups excluding carboxylic acids is 2. The summed E-state index contributed by atoms with van der Waals surface area (Å²) >= 11 is 2.14. The highest BCUT2D eigenvalue weighted by atomic mass is 127. The number of halogens is 1. The molecule has 0 aliphatic carbocycles. The fourth-order valence-corrected chi connectivity index (χ4v) is 3.51. The van der Waals surface area contributed by atoms with Crippen molar-refractivity contribution in [3.63, 3.8) is 0 Å². The topological polar surface area (TPSA) is 88.2 Å². The molecule has 26 heavy (non-hydrogen) atoms. The number of nitrogens with one attached hydrogen (secondary N) is 1. The number of hydrogen-bond donors (Lipinski definition) is 1. The molecule has 8 heteroatoms. The van der Waals surface area contributed by atoms with Gasteiger partial charge in [0.1, 0.15) is 3.70 Å². The number of benzene rings is 1. The number of nitrogens with zero attached hydrogens (tertiary/aromatic N) is 3. The minimum absolute atomic E-state index is 0.200. The van der Waals surface area contributed by atoms with Crippen LogP contribution in [0, 0.1) is 3.70 Å². The lowest BCUT2D eigenvalue weighted by molar-refractivity contribution is 0.0633. The van der Waals surface area contributed by atoms with Gasteiger partial charge in [-0.3, -0.25) is 19.6 Å². The predicted molar refractivity (Wildman–Crippen MR) is 103 cm³/mol. The van der Waals surface area contributed by atoms with Crippen LogP contribution in [0.3, 0.4) is 0 Å². The van der Waals surface area contributed by atoms with Crippen molar-refractivity contribution in [2.24, 2.45) is 0 Å². The van der Waals surface area contributed by atoms with Gasteiger partial charge in [-0.2, -0.15) is 5.10 Å². The molecular formula is C18H15IN4O3. The van der Waals surface area contributed by atoms with Crippen LogP contribution >= 0.6 is 22.6 Å². The number of hydrogen-bond acceptors (Lipinski definition) is 5. The monoisotopic (exact) mass is 462 g/mol. The molecule has 0 fully saturated rings. The van der Waals surface area contributed by atoms with Gasteiger partial charge in [0.05, 0.1) is 28.9 Å². The number of pyridine rings is 1. The summed E-state index contributed by atoms with van der Waals surface area (Å²) in [6, 6.07) is 8.72. The maximum Gasteiger partial charge on any atom is 0.261 e. The first kappa shape index (κ1) is 17.0. The summed E-state index contributed by atoms with van der Waals surface area (Å²) in [5, 5.41) is 7.96. The Labute approximate surface area is 162 Å². The highest BCUT2D eigenvalue weighted by Crippen LogP contribution is 2.24. The summed E-state index contributed by atoms with van der Waals surface area (Å²) in [6.45, 7) is 2.20. The minimum atomic E-state index is -0.245. The van der Waals surface area contributed by atoms with Crippen LogP contribution in [0.1, 0.15) is 34.1 Å². The Kier molecular flexibility index (Phi) is 4.35. The Morgan fingerprint density at radius 1 is 1.23 bits per heavy atom. The third-order valence-electron chi connectivity index (χ3n) is 4.33. The second-order valence-electron chi connectivity index (χ2n) is 6.11. The van der Waals surface area contributed by atoms with E-state index >= 15 is 0 Å². The second kappa shape index (κ2) is 6.67. The van der Waals surface area contributed by atoms with Gasteiger partial charge in [0.25, 0.3) is 11.8 Å². The smallest absolute Gasteiger partial charge is 0.261 e. The Hall–Kier alpha value is -2.49.